The van der Waals surface area contributed by atoms with E-state index < -0.39 is 4.92 Å². The van der Waals surface area contributed by atoms with Gasteiger partial charge in [0.25, 0.3) is 11.6 Å². The van der Waals surface area contributed by atoms with Crippen molar-refractivity contribution < 1.29 is 19.2 Å². The van der Waals surface area contributed by atoms with E-state index in [1.165, 1.54) is 25.1 Å². The third-order valence-corrected chi connectivity index (χ3v) is 5.84. The van der Waals surface area contributed by atoms with Crippen molar-refractivity contribution in [3.8, 4) is 11.5 Å². The van der Waals surface area contributed by atoms with Crippen molar-refractivity contribution in [2.45, 2.75) is 31.8 Å². The Kier molecular flexibility index (Phi) is 6.20. The topological polar surface area (TPSA) is 98.0 Å². The number of nitro groups is 1. The maximum Gasteiger partial charge on any atom is 0.287 e. The van der Waals surface area contributed by atoms with Crippen LogP contribution in [0.3, 0.4) is 0 Å². The minimum absolute atomic E-state index is 0.0353. The van der Waals surface area contributed by atoms with Crippen LogP contribution in [0.1, 0.15) is 36.0 Å². The molecule has 1 amide bonds. The highest BCUT2D eigenvalue weighted by Crippen LogP contribution is 2.32. The minimum Gasteiger partial charge on any atom is -0.493 e. The predicted octanol–water partition coefficient (Wildman–Crippen LogP) is 3.28. The Bertz CT molecular complexity index is 935. The lowest BCUT2D eigenvalue weighted by Gasteiger charge is -2.35. The molecule has 0 unspecified atom stereocenters. The number of carbonyl (C=O) groups is 1. The fraction of sp³-hybridized carbons (Fsp3) is 0.455. The molecule has 2 heterocycles. The number of carbonyl (C=O) groups excluding carboxylic acids is 1. The van der Waals surface area contributed by atoms with Crippen LogP contribution < -0.4 is 14.4 Å². The van der Waals surface area contributed by atoms with Crippen molar-refractivity contribution in [1.82, 2.24) is 9.88 Å². The van der Waals surface area contributed by atoms with Crippen LogP contribution in [-0.2, 0) is 0 Å². The zero-order valence-electron chi connectivity index (χ0n) is 17.5. The first-order valence-corrected chi connectivity index (χ1v) is 10.5. The Morgan fingerprint density at radius 3 is 2.45 bits per heavy atom. The lowest BCUT2D eigenvalue weighted by molar-refractivity contribution is -0.385. The molecule has 0 bridgehead atoms. The summed E-state index contributed by atoms with van der Waals surface area (Å²) < 4.78 is 11.5. The normalized spacial score (nSPS) is 16.9. The summed E-state index contributed by atoms with van der Waals surface area (Å²) in [6, 6.07) is 8.45. The van der Waals surface area contributed by atoms with Crippen molar-refractivity contribution in [3.05, 3.63) is 52.2 Å². The molecule has 1 aromatic heterocycles. The van der Waals surface area contributed by atoms with Crippen LogP contribution in [0.2, 0.25) is 0 Å². The van der Waals surface area contributed by atoms with E-state index in [0.29, 0.717) is 49.1 Å². The Labute approximate surface area is 180 Å². The van der Waals surface area contributed by atoms with E-state index in [9.17, 15) is 14.9 Å². The van der Waals surface area contributed by atoms with Crippen LogP contribution >= 0.6 is 0 Å². The highest BCUT2D eigenvalue weighted by atomic mass is 16.6. The van der Waals surface area contributed by atoms with E-state index in [-0.39, 0.29) is 17.7 Å². The van der Waals surface area contributed by atoms with Gasteiger partial charge in [0.2, 0.25) is 0 Å². The molecule has 2 fully saturated rings. The number of benzene rings is 1. The van der Waals surface area contributed by atoms with Gasteiger partial charge in [-0.1, -0.05) is 0 Å². The second-order valence-corrected chi connectivity index (χ2v) is 7.80. The molecule has 0 N–H and O–H groups in total. The van der Waals surface area contributed by atoms with Crippen molar-refractivity contribution in [1.29, 1.82) is 0 Å². The summed E-state index contributed by atoms with van der Waals surface area (Å²) in [6.07, 6.45) is 5.95. The molecular weight excluding hydrogens is 400 g/mol. The number of hydrogen-bond acceptors (Lipinski definition) is 7. The third-order valence-electron chi connectivity index (χ3n) is 5.84. The van der Waals surface area contributed by atoms with E-state index in [1.54, 1.807) is 30.2 Å². The average molecular weight is 426 g/mol. The zero-order valence-corrected chi connectivity index (χ0v) is 17.5. The molecule has 0 radical (unpaired) electrons. The highest BCUT2D eigenvalue weighted by molar-refractivity contribution is 5.95. The number of aromatic nitrogens is 1. The molecular formula is C22H26N4O5. The van der Waals surface area contributed by atoms with Crippen LogP contribution in [0.15, 0.2) is 36.5 Å². The van der Waals surface area contributed by atoms with E-state index in [1.807, 2.05) is 11.0 Å². The van der Waals surface area contributed by atoms with Crippen LogP contribution in [-0.4, -0.2) is 60.1 Å². The quantitative estimate of drug-likeness (QED) is 0.516. The van der Waals surface area contributed by atoms with Crippen LogP contribution in [0, 0.1) is 10.1 Å². The molecule has 1 aliphatic heterocycles. The SMILES string of the molecule is COc1cc(C(=O)N2CCN(c3ccc([N+](=O)[O-])cn3)CC2)ccc1OC1CCCC1. The second kappa shape index (κ2) is 9.20. The molecule has 0 spiro atoms. The molecule has 1 saturated heterocycles. The Morgan fingerprint density at radius 2 is 1.84 bits per heavy atom. The molecule has 1 aromatic carbocycles. The predicted molar refractivity (Wildman–Crippen MR) is 115 cm³/mol. The van der Waals surface area contributed by atoms with E-state index >= 15 is 0 Å². The van der Waals surface area contributed by atoms with Gasteiger partial charge in [-0.15, -0.1) is 0 Å². The number of anilines is 1. The van der Waals surface area contributed by atoms with Crippen molar-refractivity contribution in [3.63, 3.8) is 0 Å². The maximum absolute atomic E-state index is 13.0. The smallest absolute Gasteiger partial charge is 0.287 e. The standard InChI is InChI=1S/C22H26N4O5/c1-30-20-14-16(6-8-19(20)31-18-4-2-3-5-18)22(27)25-12-10-24(11-13-25)21-9-7-17(15-23-21)26(28)29/h6-9,14-15,18H,2-5,10-13H2,1H3. The van der Waals surface area contributed by atoms with Gasteiger partial charge in [0, 0.05) is 37.8 Å². The van der Waals surface area contributed by atoms with E-state index in [4.69, 9.17) is 9.47 Å². The summed E-state index contributed by atoms with van der Waals surface area (Å²) in [5.41, 5.74) is 0.532. The summed E-state index contributed by atoms with van der Waals surface area (Å²) >= 11 is 0. The fourth-order valence-corrected chi connectivity index (χ4v) is 4.08. The van der Waals surface area contributed by atoms with Crippen molar-refractivity contribution in [2.24, 2.45) is 0 Å². The molecule has 31 heavy (non-hydrogen) atoms. The van der Waals surface area contributed by atoms with E-state index in [0.717, 1.165) is 12.8 Å². The Morgan fingerprint density at radius 1 is 1.10 bits per heavy atom. The number of ether oxygens (including phenoxy) is 2. The first-order chi connectivity index (χ1) is 15.0. The average Bonchev–Trinajstić information content (AvgIpc) is 3.32. The van der Waals surface area contributed by atoms with Gasteiger partial charge in [-0.2, -0.15) is 0 Å². The van der Waals surface area contributed by atoms with Crippen molar-refractivity contribution in [2.75, 3.05) is 38.2 Å². The van der Waals surface area contributed by atoms with Gasteiger partial charge in [-0.05, 0) is 49.9 Å². The number of hydrogen-bond donors (Lipinski definition) is 0. The second-order valence-electron chi connectivity index (χ2n) is 7.80. The van der Waals surface area contributed by atoms with Gasteiger partial charge in [0.05, 0.1) is 18.1 Å². The van der Waals surface area contributed by atoms with E-state index in [2.05, 4.69) is 4.98 Å². The molecule has 2 aliphatic rings. The Balaban J connectivity index is 1.38. The largest absolute Gasteiger partial charge is 0.493 e. The number of pyridine rings is 1. The lowest BCUT2D eigenvalue weighted by Crippen LogP contribution is -2.49. The summed E-state index contributed by atoms with van der Waals surface area (Å²) in [7, 11) is 1.58. The van der Waals surface area contributed by atoms with Crippen LogP contribution in [0.5, 0.6) is 11.5 Å². The summed E-state index contributed by atoms with van der Waals surface area (Å²) in [6.45, 7) is 2.30. The summed E-state index contributed by atoms with van der Waals surface area (Å²) in [4.78, 5) is 31.3. The Hall–Kier alpha value is -3.36. The van der Waals surface area contributed by atoms with Gasteiger partial charge < -0.3 is 19.3 Å². The van der Waals surface area contributed by atoms with Gasteiger partial charge in [-0.3, -0.25) is 14.9 Å². The van der Waals surface area contributed by atoms with Gasteiger partial charge in [-0.25, -0.2) is 4.98 Å². The van der Waals surface area contributed by atoms with Crippen LogP contribution in [0.25, 0.3) is 0 Å². The van der Waals surface area contributed by atoms with Gasteiger partial charge in [0.1, 0.15) is 12.0 Å². The van der Waals surface area contributed by atoms with Gasteiger partial charge >= 0.3 is 0 Å². The molecule has 9 nitrogen and oxygen atoms in total. The first-order valence-electron chi connectivity index (χ1n) is 10.5. The first kappa shape index (κ1) is 20.9. The number of nitrogens with zero attached hydrogens (tertiary/aromatic N) is 4. The summed E-state index contributed by atoms with van der Waals surface area (Å²) in [5.74, 6) is 1.88. The minimum atomic E-state index is -0.467. The summed E-state index contributed by atoms with van der Waals surface area (Å²) in [5, 5.41) is 10.8. The maximum atomic E-state index is 13.0. The molecule has 1 aliphatic carbocycles. The van der Waals surface area contributed by atoms with Crippen LogP contribution in [0.4, 0.5) is 11.5 Å². The third kappa shape index (κ3) is 4.70. The number of rotatable bonds is 6. The molecule has 1 saturated carbocycles. The van der Waals surface area contributed by atoms with Gasteiger partial charge in [0.15, 0.2) is 11.5 Å². The number of piperazine rings is 1. The van der Waals surface area contributed by atoms with Crippen molar-refractivity contribution >= 4 is 17.4 Å². The molecule has 164 valence electrons. The fourth-order valence-electron chi connectivity index (χ4n) is 4.08. The monoisotopic (exact) mass is 426 g/mol. The highest BCUT2D eigenvalue weighted by Gasteiger charge is 2.25. The lowest BCUT2D eigenvalue weighted by atomic mass is 10.1. The molecule has 0 atom stereocenters. The molecule has 9 heteroatoms. The number of amides is 1. The zero-order chi connectivity index (χ0) is 21.8. The number of methoxy groups -OCH3 is 1. The molecule has 2 aromatic rings. The molecule has 4 rings (SSSR count).